The van der Waals surface area contributed by atoms with Crippen LogP contribution in [0.2, 0.25) is 0 Å². The van der Waals surface area contributed by atoms with E-state index in [2.05, 4.69) is 36.1 Å². The lowest BCUT2D eigenvalue weighted by molar-refractivity contribution is 0.167. The second kappa shape index (κ2) is 5.19. The Labute approximate surface area is 114 Å². The zero-order valence-corrected chi connectivity index (χ0v) is 11.4. The van der Waals surface area contributed by atoms with Gasteiger partial charge < -0.3 is 9.64 Å². The van der Waals surface area contributed by atoms with Crippen LogP contribution in [-0.2, 0) is 4.74 Å². The van der Waals surface area contributed by atoms with Crippen LogP contribution >= 0.6 is 12.4 Å². The fourth-order valence-corrected chi connectivity index (χ4v) is 2.93. The number of hydrogen-bond acceptors (Lipinski definition) is 2. The van der Waals surface area contributed by atoms with E-state index in [1.807, 2.05) is 0 Å². The number of halogens is 1. The smallest absolute Gasteiger partial charge is 0.285 e. The largest absolute Gasteiger partial charge is 0.455 e. The molecule has 1 aromatic carbocycles. The van der Waals surface area contributed by atoms with Gasteiger partial charge in [-0.15, -0.1) is 12.4 Å². The number of aryl methyl sites for hydroxylation is 1. The average Bonchev–Trinajstić information content (AvgIpc) is 2.68. The summed E-state index contributed by atoms with van der Waals surface area (Å²) >= 11 is 0. The summed E-state index contributed by atoms with van der Waals surface area (Å²) in [5.74, 6) is 0. The van der Waals surface area contributed by atoms with Crippen molar-refractivity contribution in [3.63, 3.8) is 0 Å². The maximum atomic E-state index is 7.91. The van der Waals surface area contributed by atoms with Crippen molar-refractivity contribution >= 4 is 18.4 Å². The Morgan fingerprint density at radius 3 is 2.94 bits per heavy atom. The summed E-state index contributed by atoms with van der Waals surface area (Å²) in [5.41, 5.74) is 2.47. The summed E-state index contributed by atoms with van der Waals surface area (Å²) in [6, 6.07) is 9.20. The topological polar surface area (TPSA) is 36.3 Å². The molecule has 18 heavy (non-hydrogen) atoms. The van der Waals surface area contributed by atoms with E-state index >= 15 is 0 Å². The number of benzene rings is 1. The van der Waals surface area contributed by atoms with Crippen LogP contribution in [0.15, 0.2) is 24.3 Å². The fraction of sp³-hybridized carbons (Fsp3) is 0.500. The third-order valence-electron chi connectivity index (χ3n) is 3.77. The number of amidine groups is 1. The van der Waals surface area contributed by atoms with E-state index < -0.39 is 0 Å². The van der Waals surface area contributed by atoms with Gasteiger partial charge in [0, 0.05) is 6.54 Å². The van der Waals surface area contributed by atoms with Crippen molar-refractivity contribution in [3.05, 3.63) is 35.4 Å². The molecule has 2 fully saturated rings. The highest BCUT2D eigenvalue weighted by Gasteiger charge is 2.41. The van der Waals surface area contributed by atoms with Gasteiger partial charge >= 0.3 is 0 Å². The Bertz CT molecular complexity index is 449. The molecule has 0 bridgehead atoms. The molecule has 98 valence electrons. The molecule has 0 amide bonds. The first-order valence-electron chi connectivity index (χ1n) is 6.34. The Hall–Kier alpha value is -1.22. The number of piperidine rings is 1. The molecular formula is C14H19ClN2O. The summed E-state index contributed by atoms with van der Waals surface area (Å²) in [7, 11) is 0. The van der Waals surface area contributed by atoms with E-state index in [9.17, 15) is 0 Å². The molecule has 0 aliphatic carbocycles. The van der Waals surface area contributed by atoms with Crippen molar-refractivity contribution in [2.75, 3.05) is 6.54 Å². The minimum Gasteiger partial charge on any atom is -0.455 e. The Kier molecular flexibility index (Phi) is 3.81. The van der Waals surface area contributed by atoms with Gasteiger partial charge in [0.15, 0.2) is 0 Å². The molecule has 2 unspecified atom stereocenters. The van der Waals surface area contributed by atoms with Gasteiger partial charge in [-0.3, -0.25) is 5.41 Å². The van der Waals surface area contributed by atoms with Gasteiger partial charge in [0.2, 0.25) is 0 Å². The maximum absolute atomic E-state index is 7.91. The van der Waals surface area contributed by atoms with Gasteiger partial charge in [-0.2, -0.15) is 0 Å². The first kappa shape index (κ1) is 13.2. The maximum Gasteiger partial charge on any atom is 0.285 e. The summed E-state index contributed by atoms with van der Waals surface area (Å²) in [5, 5.41) is 7.91. The minimum atomic E-state index is 0. The van der Waals surface area contributed by atoms with Gasteiger partial charge in [0.25, 0.3) is 6.02 Å². The molecule has 2 heterocycles. The minimum absolute atomic E-state index is 0. The molecular weight excluding hydrogens is 248 g/mol. The lowest BCUT2D eigenvalue weighted by Gasteiger charge is -2.29. The van der Waals surface area contributed by atoms with Crippen LogP contribution in [0.25, 0.3) is 0 Å². The molecule has 1 aromatic rings. The third-order valence-corrected chi connectivity index (χ3v) is 3.77. The summed E-state index contributed by atoms with van der Waals surface area (Å²) < 4.78 is 5.76. The molecule has 2 aliphatic heterocycles. The first-order chi connectivity index (χ1) is 8.25. The first-order valence-corrected chi connectivity index (χ1v) is 6.34. The normalized spacial score (nSPS) is 26.3. The van der Waals surface area contributed by atoms with Gasteiger partial charge in [0.05, 0.1) is 6.04 Å². The molecule has 2 atom stereocenters. The molecule has 0 aromatic heterocycles. The Morgan fingerprint density at radius 1 is 1.33 bits per heavy atom. The van der Waals surface area contributed by atoms with E-state index in [0.29, 0.717) is 12.1 Å². The lowest BCUT2D eigenvalue weighted by Crippen LogP contribution is -2.38. The summed E-state index contributed by atoms with van der Waals surface area (Å²) in [6.45, 7) is 3.08. The number of hydrogen-bond donors (Lipinski definition) is 1. The zero-order chi connectivity index (χ0) is 11.8. The van der Waals surface area contributed by atoms with Crippen LogP contribution in [0.1, 0.15) is 36.5 Å². The fourth-order valence-electron chi connectivity index (χ4n) is 2.93. The van der Waals surface area contributed by atoms with Crippen molar-refractivity contribution in [2.45, 2.75) is 38.3 Å². The molecule has 3 nitrogen and oxygen atoms in total. The molecule has 2 saturated heterocycles. The highest BCUT2D eigenvalue weighted by Crippen LogP contribution is 2.37. The second-order valence-corrected chi connectivity index (χ2v) is 5.01. The van der Waals surface area contributed by atoms with E-state index in [0.717, 1.165) is 13.0 Å². The summed E-state index contributed by atoms with van der Waals surface area (Å²) in [6.07, 6.45) is 3.63. The van der Waals surface area contributed by atoms with Crippen LogP contribution in [0.4, 0.5) is 0 Å². The quantitative estimate of drug-likeness (QED) is 0.847. The zero-order valence-electron chi connectivity index (χ0n) is 10.6. The SMILES string of the molecule is Cc1cccc(C2OC(=N)N3CCCCC23)c1.Cl. The monoisotopic (exact) mass is 266 g/mol. The number of nitrogens with one attached hydrogen (secondary N) is 1. The van der Waals surface area contributed by atoms with Gasteiger partial charge in [-0.05, 0) is 31.7 Å². The van der Waals surface area contributed by atoms with Gasteiger partial charge in [-0.1, -0.05) is 29.8 Å². The van der Waals surface area contributed by atoms with Crippen molar-refractivity contribution < 1.29 is 4.74 Å². The van der Waals surface area contributed by atoms with E-state index in [1.54, 1.807) is 0 Å². The van der Waals surface area contributed by atoms with Crippen LogP contribution in [-0.4, -0.2) is 23.5 Å². The second-order valence-electron chi connectivity index (χ2n) is 5.01. The molecule has 2 aliphatic rings. The van der Waals surface area contributed by atoms with Gasteiger partial charge in [-0.25, -0.2) is 0 Å². The van der Waals surface area contributed by atoms with Crippen LogP contribution in [0, 0.1) is 12.3 Å². The lowest BCUT2D eigenvalue weighted by atomic mass is 9.94. The molecule has 0 saturated carbocycles. The van der Waals surface area contributed by atoms with E-state index in [-0.39, 0.29) is 18.5 Å². The molecule has 1 N–H and O–H groups in total. The van der Waals surface area contributed by atoms with Crippen molar-refractivity contribution in [1.82, 2.24) is 4.90 Å². The predicted octanol–water partition coefficient (Wildman–Crippen LogP) is 3.28. The van der Waals surface area contributed by atoms with E-state index in [4.69, 9.17) is 10.1 Å². The van der Waals surface area contributed by atoms with Crippen molar-refractivity contribution in [1.29, 1.82) is 5.41 Å². The van der Waals surface area contributed by atoms with Crippen LogP contribution in [0.5, 0.6) is 0 Å². The van der Waals surface area contributed by atoms with Gasteiger partial charge in [0.1, 0.15) is 6.10 Å². The van der Waals surface area contributed by atoms with E-state index in [1.165, 1.54) is 24.0 Å². The summed E-state index contributed by atoms with van der Waals surface area (Å²) in [4.78, 5) is 2.12. The number of nitrogens with zero attached hydrogens (tertiary/aromatic N) is 1. The van der Waals surface area contributed by atoms with Crippen molar-refractivity contribution in [3.8, 4) is 0 Å². The number of fused-ring (bicyclic) bond motifs is 1. The molecule has 0 spiro atoms. The molecule has 0 radical (unpaired) electrons. The van der Waals surface area contributed by atoms with Crippen LogP contribution < -0.4 is 0 Å². The highest BCUT2D eigenvalue weighted by molar-refractivity contribution is 5.85. The molecule has 3 rings (SSSR count). The standard InChI is InChI=1S/C14H18N2O.ClH/c1-10-5-4-6-11(9-10)13-12-7-2-3-8-16(12)14(15)17-13;/h4-6,9,12-13,15H,2-3,7-8H2,1H3;1H. The predicted molar refractivity (Wildman–Crippen MR) is 74.3 cm³/mol. The third kappa shape index (κ3) is 2.19. The Morgan fingerprint density at radius 2 is 2.17 bits per heavy atom. The number of rotatable bonds is 1. The molecule has 4 heteroatoms. The average molecular weight is 267 g/mol. The van der Waals surface area contributed by atoms with Crippen molar-refractivity contribution in [2.24, 2.45) is 0 Å². The highest BCUT2D eigenvalue weighted by atomic mass is 35.5. The number of ether oxygens (including phenoxy) is 1. The Balaban J connectivity index is 0.00000120. The van der Waals surface area contributed by atoms with Crippen LogP contribution in [0.3, 0.4) is 0 Å².